The van der Waals surface area contributed by atoms with Crippen LogP contribution in [0.1, 0.15) is 32.6 Å². The van der Waals surface area contributed by atoms with Crippen molar-refractivity contribution in [2.45, 2.75) is 38.6 Å². The van der Waals surface area contributed by atoms with Crippen molar-refractivity contribution in [2.75, 3.05) is 33.4 Å². The van der Waals surface area contributed by atoms with Gasteiger partial charge in [0.1, 0.15) is 0 Å². The van der Waals surface area contributed by atoms with Crippen LogP contribution in [0.2, 0.25) is 0 Å². The predicted octanol–water partition coefficient (Wildman–Crippen LogP) is 1.01. The van der Waals surface area contributed by atoms with Gasteiger partial charge >= 0.3 is 0 Å². The highest BCUT2D eigenvalue weighted by Crippen LogP contribution is 2.31. The van der Waals surface area contributed by atoms with Gasteiger partial charge in [0.05, 0.1) is 0 Å². The second kappa shape index (κ2) is 5.36. The van der Waals surface area contributed by atoms with Gasteiger partial charge in [-0.15, -0.1) is 0 Å². The van der Waals surface area contributed by atoms with Crippen LogP contribution >= 0.6 is 0 Å². The zero-order valence-corrected chi connectivity index (χ0v) is 11.0. The molecule has 0 bridgehead atoms. The smallest absolute Gasteiger partial charge is 0.228 e. The summed E-state index contributed by atoms with van der Waals surface area (Å²) in [6.45, 7) is 5.63. The van der Waals surface area contributed by atoms with E-state index < -0.39 is 0 Å². The summed E-state index contributed by atoms with van der Waals surface area (Å²) in [7, 11) is 1.96. The molecule has 0 aromatic carbocycles. The van der Waals surface area contributed by atoms with E-state index in [1.54, 1.807) is 0 Å². The molecule has 2 rings (SSSR count). The van der Waals surface area contributed by atoms with Crippen molar-refractivity contribution in [3.63, 3.8) is 0 Å². The van der Waals surface area contributed by atoms with Gasteiger partial charge in [-0.2, -0.15) is 0 Å². The fourth-order valence-electron chi connectivity index (χ4n) is 2.86. The number of carbonyl (C=O) groups is 1. The van der Waals surface area contributed by atoms with Crippen LogP contribution in [0, 0.1) is 5.41 Å². The molecule has 2 heterocycles. The van der Waals surface area contributed by atoms with Gasteiger partial charge in [-0.1, -0.05) is 6.92 Å². The first-order chi connectivity index (χ1) is 8.13. The maximum absolute atomic E-state index is 12.6. The van der Waals surface area contributed by atoms with Crippen molar-refractivity contribution in [2.24, 2.45) is 5.41 Å². The largest absolute Gasteiger partial charge is 0.381 e. The molecule has 0 radical (unpaired) electrons. The molecule has 1 N–H and O–H groups in total. The second-order valence-corrected chi connectivity index (χ2v) is 5.57. The van der Waals surface area contributed by atoms with Crippen LogP contribution in [0.5, 0.6) is 0 Å². The Hall–Kier alpha value is -0.610. The highest BCUT2D eigenvalue weighted by atomic mass is 16.5. The predicted molar refractivity (Wildman–Crippen MR) is 66.8 cm³/mol. The van der Waals surface area contributed by atoms with Crippen molar-refractivity contribution < 1.29 is 9.53 Å². The molecule has 0 atom stereocenters. The third-order valence-corrected chi connectivity index (χ3v) is 4.28. The van der Waals surface area contributed by atoms with Crippen molar-refractivity contribution in [1.29, 1.82) is 0 Å². The summed E-state index contributed by atoms with van der Waals surface area (Å²) in [5.41, 5.74) is -0.154. The van der Waals surface area contributed by atoms with Gasteiger partial charge in [-0.05, 0) is 38.8 Å². The molecule has 2 fully saturated rings. The molecule has 0 spiro atoms. The maximum atomic E-state index is 12.6. The fourth-order valence-corrected chi connectivity index (χ4v) is 2.86. The standard InChI is InChI=1S/C13H24N2O2/c1-13(5-7-14-8-6-13)12(16)15(2)11-3-9-17-10-4-11/h11,14H,3-10H2,1-2H3. The number of ether oxygens (including phenoxy) is 1. The zero-order valence-electron chi connectivity index (χ0n) is 11.0. The third-order valence-electron chi connectivity index (χ3n) is 4.28. The SMILES string of the molecule is CN(C(=O)C1(C)CCNCC1)C1CCOCC1. The zero-order chi connectivity index (χ0) is 12.3. The van der Waals surface area contributed by atoms with Crippen LogP contribution < -0.4 is 5.32 Å². The normalized spacial score (nSPS) is 25.5. The van der Waals surface area contributed by atoms with Crippen LogP contribution in [0.15, 0.2) is 0 Å². The number of hydrogen-bond donors (Lipinski definition) is 1. The number of rotatable bonds is 2. The van der Waals surface area contributed by atoms with Gasteiger partial charge in [0.25, 0.3) is 0 Å². The maximum Gasteiger partial charge on any atom is 0.228 e. The van der Waals surface area contributed by atoms with Crippen molar-refractivity contribution in [3.8, 4) is 0 Å². The van der Waals surface area contributed by atoms with Gasteiger partial charge in [-0.3, -0.25) is 4.79 Å². The average Bonchev–Trinajstić information content (AvgIpc) is 2.39. The first-order valence-electron chi connectivity index (χ1n) is 6.69. The molecular weight excluding hydrogens is 216 g/mol. The Morgan fingerprint density at radius 1 is 1.29 bits per heavy atom. The van der Waals surface area contributed by atoms with E-state index >= 15 is 0 Å². The minimum Gasteiger partial charge on any atom is -0.381 e. The van der Waals surface area contributed by atoms with E-state index in [2.05, 4.69) is 12.2 Å². The number of hydrogen-bond acceptors (Lipinski definition) is 3. The molecular formula is C13H24N2O2. The van der Waals surface area contributed by atoms with E-state index in [4.69, 9.17) is 4.74 Å². The highest BCUT2D eigenvalue weighted by molar-refractivity contribution is 5.82. The van der Waals surface area contributed by atoms with Crippen molar-refractivity contribution in [1.82, 2.24) is 10.2 Å². The van der Waals surface area contributed by atoms with Crippen molar-refractivity contribution in [3.05, 3.63) is 0 Å². The molecule has 17 heavy (non-hydrogen) atoms. The van der Waals surface area contributed by atoms with E-state index in [1.807, 2.05) is 11.9 Å². The van der Waals surface area contributed by atoms with Gasteiger partial charge in [0.2, 0.25) is 5.91 Å². The Morgan fingerprint density at radius 3 is 2.47 bits per heavy atom. The van der Waals surface area contributed by atoms with E-state index in [1.165, 1.54) is 0 Å². The molecule has 4 nitrogen and oxygen atoms in total. The van der Waals surface area contributed by atoms with Gasteiger partial charge in [0.15, 0.2) is 0 Å². The van der Waals surface area contributed by atoms with E-state index in [-0.39, 0.29) is 5.41 Å². The molecule has 0 aliphatic carbocycles. The summed E-state index contributed by atoms with van der Waals surface area (Å²) in [6, 6.07) is 0.378. The second-order valence-electron chi connectivity index (χ2n) is 5.57. The number of piperidine rings is 1. The Labute approximate surface area is 104 Å². The summed E-state index contributed by atoms with van der Waals surface area (Å²) in [4.78, 5) is 14.6. The lowest BCUT2D eigenvalue weighted by Crippen LogP contribution is -2.50. The van der Waals surface area contributed by atoms with Crippen LogP contribution in [0.4, 0.5) is 0 Å². The van der Waals surface area contributed by atoms with Crippen LogP contribution in [-0.2, 0) is 9.53 Å². The van der Waals surface area contributed by atoms with Crippen LogP contribution in [-0.4, -0.2) is 50.2 Å². The summed E-state index contributed by atoms with van der Waals surface area (Å²) >= 11 is 0. The Bertz CT molecular complexity index is 269. The average molecular weight is 240 g/mol. The molecule has 0 aromatic rings. The highest BCUT2D eigenvalue weighted by Gasteiger charge is 2.38. The summed E-state index contributed by atoms with van der Waals surface area (Å²) in [5, 5.41) is 3.32. The third kappa shape index (κ3) is 2.80. The molecule has 2 saturated heterocycles. The van der Waals surface area contributed by atoms with E-state index in [9.17, 15) is 4.79 Å². The molecule has 0 saturated carbocycles. The lowest BCUT2D eigenvalue weighted by Gasteiger charge is -2.40. The topological polar surface area (TPSA) is 41.6 Å². The number of carbonyl (C=O) groups excluding carboxylic acids is 1. The fraction of sp³-hybridized carbons (Fsp3) is 0.923. The molecule has 2 aliphatic rings. The first kappa shape index (κ1) is 12.8. The number of nitrogens with zero attached hydrogens (tertiary/aromatic N) is 1. The minimum atomic E-state index is -0.154. The molecule has 0 aromatic heterocycles. The Morgan fingerprint density at radius 2 is 1.88 bits per heavy atom. The number of amides is 1. The summed E-state index contributed by atoms with van der Waals surface area (Å²) in [6.07, 6.45) is 3.88. The van der Waals surface area contributed by atoms with E-state index in [0.717, 1.165) is 52.0 Å². The monoisotopic (exact) mass is 240 g/mol. The lowest BCUT2D eigenvalue weighted by atomic mass is 9.79. The molecule has 4 heteroatoms. The summed E-state index contributed by atoms with van der Waals surface area (Å²) < 4.78 is 5.35. The van der Waals surface area contributed by atoms with Gasteiger partial charge in [-0.25, -0.2) is 0 Å². The number of nitrogens with one attached hydrogen (secondary N) is 1. The molecule has 98 valence electrons. The Kier molecular flexibility index (Phi) is 4.05. The summed E-state index contributed by atoms with van der Waals surface area (Å²) in [5.74, 6) is 0.325. The van der Waals surface area contributed by atoms with Crippen LogP contribution in [0.25, 0.3) is 0 Å². The first-order valence-corrected chi connectivity index (χ1v) is 6.69. The van der Waals surface area contributed by atoms with Crippen molar-refractivity contribution >= 4 is 5.91 Å². The van der Waals surface area contributed by atoms with Gasteiger partial charge < -0.3 is 15.0 Å². The lowest BCUT2D eigenvalue weighted by molar-refractivity contribution is -0.145. The molecule has 0 unspecified atom stereocenters. The minimum absolute atomic E-state index is 0.154. The van der Waals surface area contributed by atoms with E-state index in [0.29, 0.717) is 11.9 Å². The molecule has 1 amide bonds. The quantitative estimate of drug-likeness (QED) is 0.783. The molecule has 2 aliphatic heterocycles. The van der Waals surface area contributed by atoms with Gasteiger partial charge in [0, 0.05) is 31.7 Å². The van der Waals surface area contributed by atoms with Crippen LogP contribution in [0.3, 0.4) is 0 Å². The Balaban J connectivity index is 1.97.